The number of amides is 3. The topological polar surface area (TPSA) is 82.0 Å². The molecule has 0 atom stereocenters. The lowest BCUT2D eigenvalue weighted by Crippen LogP contribution is -2.24. The maximum atomic E-state index is 11.1. The molecule has 6 nitrogen and oxygen atoms in total. The molecule has 0 unspecified atom stereocenters. The summed E-state index contributed by atoms with van der Waals surface area (Å²) in [5, 5.41) is 16.0. The number of aromatic hydroxyl groups is 1. The average molecular weight is 219 g/mol. The van der Waals surface area contributed by atoms with Gasteiger partial charge >= 0.3 is 6.03 Å². The van der Waals surface area contributed by atoms with Crippen LogP contribution in [-0.4, -0.2) is 34.8 Å². The normalized spacial score (nSPS) is 15.9. The molecule has 16 heavy (non-hydrogen) atoms. The quantitative estimate of drug-likeness (QED) is 0.553. The summed E-state index contributed by atoms with van der Waals surface area (Å²) in [5.41, 5.74) is 0.727. The molecule has 0 aromatic heterocycles. The van der Waals surface area contributed by atoms with Gasteiger partial charge in [-0.15, -0.1) is 0 Å². The maximum absolute atomic E-state index is 11.1. The van der Waals surface area contributed by atoms with Gasteiger partial charge in [0.2, 0.25) is 5.91 Å². The van der Waals surface area contributed by atoms with Crippen molar-refractivity contribution < 1.29 is 14.7 Å². The van der Waals surface area contributed by atoms with Gasteiger partial charge in [0.15, 0.2) is 0 Å². The highest BCUT2D eigenvalue weighted by molar-refractivity contribution is 6.02. The molecule has 1 aliphatic rings. The fourth-order valence-electron chi connectivity index (χ4n) is 1.22. The van der Waals surface area contributed by atoms with E-state index in [4.69, 9.17) is 5.11 Å². The van der Waals surface area contributed by atoms with Gasteiger partial charge in [0.1, 0.15) is 12.3 Å². The second kappa shape index (κ2) is 4.01. The Morgan fingerprint density at radius 1 is 1.31 bits per heavy atom. The lowest BCUT2D eigenvalue weighted by atomic mass is 10.2. The van der Waals surface area contributed by atoms with E-state index in [0.717, 1.165) is 10.6 Å². The van der Waals surface area contributed by atoms with E-state index < -0.39 is 6.03 Å². The zero-order valence-electron chi connectivity index (χ0n) is 8.25. The number of hydrogen-bond acceptors (Lipinski definition) is 4. The van der Waals surface area contributed by atoms with Crippen LogP contribution in [0.1, 0.15) is 5.56 Å². The molecule has 0 aliphatic carbocycles. The zero-order chi connectivity index (χ0) is 11.5. The van der Waals surface area contributed by atoms with Gasteiger partial charge in [0.05, 0.1) is 6.21 Å². The highest BCUT2D eigenvalue weighted by atomic mass is 16.3. The molecular formula is C10H9N3O3. The lowest BCUT2D eigenvalue weighted by molar-refractivity contribution is -0.118. The second-order valence-corrected chi connectivity index (χ2v) is 3.25. The van der Waals surface area contributed by atoms with E-state index in [9.17, 15) is 9.59 Å². The zero-order valence-corrected chi connectivity index (χ0v) is 8.25. The maximum Gasteiger partial charge on any atom is 0.344 e. The van der Waals surface area contributed by atoms with E-state index in [1.165, 1.54) is 18.3 Å². The third-order valence-electron chi connectivity index (χ3n) is 2.01. The first-order chi connectivity index (χ1) is 7.65. The van der Waals surface area contributed by atoms with E-state index in [1.807, 2.05) is 0 Å². The minimum atomic E-state index is -0.528. The predicted octanol–water partition coefficient (Wildman–Crippen LogP) is 0.278. The number of urea groups is 1. The molecule has 1 heterocycles. The molecule has 1 aromatic carbocycles. The Kier molecular flexibility index (Phi) is 2.55. The summed E-state index contributed by atoms with van der Waals surface area (Å²) in [6.45, 7) is -0.0621. The fourth-order valence-corrected chi connectivity index (χ4v) is 1.22. The smallest absolute Gasteiger partial charge is 0.344 e. The minimum absolute atomic E-state index is 0.0621. The van der Waals surface area contributed by atoms with Crippen molar-refractivity contribution >= 4 is 18.2 Å². The third-order valence-corrected chi connectivity index (χ3v) is 2.01. The summed E-state index contributed by atoms with van der Waals surface area (Å²) in [5.74, 6) is -0.209. The Labute approximate surface area is 91.2 Å². The molecule has 1 aromatic rings. The Balaban J connectivity index is 2.07. The molecule has 0 bridgehead atoms. The largest absolute Gasteiger partial charge is 0.508 e. The molecule has 3 amide bonds. The summed E-state index contributed by atoms with van der Waals surface area (Å²) in [7, 11) is 0. The number of imide groups is 1. The Bertz CT molecular complexity index is 453. The van der Waals surface area contributed by atoms with Crippen molar-refractivity contribution in [1.82, 2.24) is 10.3 Å². The van der Waals surface area contributed by atoms with Crippen LogP contribution in [0.5, 0.6) is 5.75 Å². The van der Waals surface area contributed by atoms with Crippen LogP contribution in [0.25, 0.3) is 0 Å². The van der Waals surface area contributed by atoms with Crippen LogP contribution in [0.3, 0.4) is 0 Å². The molecule has 2 N–H and O–H groups in total. The number of nitrogens with one attached hydrogen (secondary N) is 1. The van der Waals surface area contributed by atoms with Crippen LogP contribution in [-0.2, 0) is 4.79 Å². The first kappa shape index (κ1) is 10.2. The molecule has 1 fully saturated rings. The Hall–Kier alpha value is -2.37. The van der Waals surface area contributed by atoms with Gasteiger partial charge in [0, 0.05) is 0 Å². The average Bonchev–Trinajstić information content (AvgIpc) is 2.57. The molecule has 6 heteroatoms. The standard InChI is InChI=1S/C10H9N3O3/c14-8-3-1-7(2-4-8)5-11-13-6-9(15)12-10(13)16/h1-5,14H,6H2,(H,12,15,16)/b11-5-. The summed E-state index contributed by atoms with van der Waals surface area (Å²) >= 11 is 0. The van der Waals surface area contributed by atoms with Gasteiger partial charge in [-0.25, -0.2) is 9.80 Å². The molecule has 1 saturated heterocycles. The van der Waals surface area contributed by atoms with E-state index in [0.29, 0.717) is 0 Å². The van der Waals surface area contributed by atoms with Gasteiger partial charge in [-0.1, -0.05) is 0 Å². The van der Waals surface area contributed by atoms with Crippen molar-refractivity contribution in [3.8, 4) is 5.75 Å². The van der Waals surface area contributed by atoms with Crippen molar-refractivity contribution in [2.24, 2.45) is 5.10 Å². The first-order valence-corrected chi connectivity index (χ1v) is 4.59. The number of hydrazone groups is 1. The second-order valence-electron chi connectivity index (χ2n) is 3.25. The molecule has 0 spiro atoms. The molecule has 0 radical (unpaired) electrons. The van der Waals surface area contributed by atoms with Crippen molar-refractivity contribution in [1.29, 1.82) is 0 Å². The van der Waals surface area contributed by atoms with Gasteiger partial charge in [-0.05, 0) is 29.8 Å². The van der Waals surface area contributed by atoms with E-state index in [2.05, 4.69) is 10.4 Å². The molecule has 82 valence electrons. The number of carbonyl (C=O) groups excluding carboxylic acids is 2. The summed E-state index contributed by atoms with van der Waals surface area (Å²) in [6, 6.07) is 5.79. The number of hydrogen-bond donors (Lipinski definition) is 2. The van der Waals surface area contributed by atoms with Crippen LogP contribution in [0.4, 0.5) is 4.79 Å². The molecular weight excluding hydrogens is 210 g/mol. The van der Waals surface area contributed by atoms with Crippen LogP contribution in [0.2, 0.25) is 0 Å². The number of nitrogens with zero attached hydrogens (tertiary/aromatic N) is 2. The van der Waals surface area contributed by atoms with E-state index in [1.54, 1.807) is 12.1 Å². The summed E-state index contributed by atoms with van der Waals surface area (Å²) in [6.07, 6.45) is 1.44. The van der Waals surface area contributed by atoms with Crippen molar-refractivity contribution in [3.63, 3.8) is 0 Å². The number of carbonyl (C=O) groups is 2. The number of benzene rings is 1. The van der Waals surface area contributed by atoms with Gasteiger partial charge < -0.3 is 5.11 Å². The number of phenols is 1. The van der Waals surface area contributed by atoms with Crippen LogP contribution < -0.4 is 5.32 Å². The SMILES string of the molecule is O=C1CN(/N=C\c2ccc(O)cc2)C(=O)N1. The van der Waals surface area contributed by atoms with E-state index >= 15 is 0 Å². The van der Waals surface area contributed by atoms with Crippen LogP contribution >= 0.6 is 0 Å². The van der Waals surface area contributed by atoms with Gasteiger partial charge in [0.25, 0.3) is 0 Å². The lowest BCUT2D eigenvalue weighted by Gasteiger charge is -2.03. The van der Waals surface area contributed by atoms with Crippen molar-refractivity contribution in [2.75, 3.05) is 6.54 Å². The number of phenolic OH excluding ortho intramolecular Hbond substituents is 1. The monoisotopic (exact) mass is 219 g/mol. The van der Waals surface area contributed by atoms with Crippen LogP contribution in [0, 0.1) is 0 Å². The Morgan fingerprint density at radius 3 is 2.56 bits per heavy atom. The minimum Gasteiger partial charge on any atom is -0.508 e. The van der Waals surface area contributed by atoms with Crippen molar-refractivity contribution in [2.45, 2.75) is 0 Å². The first-order valence-electron chi connectivity index (χ1n) is 4.59. The Morgan fingerprint density at radius 2 is 2.00 bits per heavy atom. The highest BCUT2D eigenvalue weighted by Gasteiger charge is 2.25. The van der Waals surface area contributed by atoms with Gasteiger partial charge in [-0.3, -0.25) is 10.1 Å². The summed E-state index contributed by atoms with van der Waals surface area (Å²) in [4.78, 5) is 21.9. The van der Waals surface area contributed by atoms with Crippen molar-refractivity contribution in [3.05, 3.63) is 29.8 Å². The molecule has 1 aliphatic heterocycles. The fraction of sp³-hybridized carbons (Fsp3) is 0.100. The molecule has 2 rings (SSSR count). The third kappa shape index (κ3) is 2.17. The predicted molar refractivity (Wildman–Crippen MR) is 55.9 cm³/mol. The van der Waals surface area contributed by atoms with Gasteiger partial charge in [-0.2, -0.15) is 5.10 Å². The highest BCUT2D eigenvalue weighted by Crippen LogP contribution is 2.08. The van der Waals surface area contributed by atoms with E-state index in [-0.39, 0.29) is 18.2 Å². The number of rotatable bonds is 2. The summed E-state index contributed by atoms with van der Waals surface area (Å²) < 4.78 is 0. The van der Waals surface area contributed by atoms with Crippen LogP contribution in [0.15, 0.2) is 29.4 Å². The molecule has 0 saturated carbocycles.